The second-order valence-electron chi connectivity index (χ2n) is 22.7. The minimum absolute atomic E-state index is 0.362. The van der Waals surface area contributed by atoms with E-state index in [0.717, 1.165) is 92.2 Å². The number of methoxy groups -OCH3 is 1. The average molecular weight is 1400 g/mol. The second kappa shape index (κ2) is 37.3. The molecule has 0 amide bonds. The van der Waals surface area contributed by atoms with Crippen molar-refractivity contribution in [2.45, 2.75) is 20.8 Å². The molecule has 0 aliphatic rings. The quantitative estimate of drug-likeness (QED) is 0.0385. The Hall–Kier alpha value is -12.9. The Balaban J connectivity index is 0.000000160. The molecule has 0 unspecified atom stereocenters. The minimum atomic E-state index is -0.481. The summed E-state index contributed by atoms with van der Waals surface area (Å²) in [4.78, 5) is 54.3. The van der Waals surface area contributed by atoms with Gasteiger partial charge < -0.3 is 43.3 Å². The monoisotopic (exact) mass is 1400 g/mol. The van der Waals surface area contributed by atoms with Crippen LogP contribution >= 0.6 is 23.2 Å². The number of carbonyl (C=O) groups excluding carboxylic acids is 4. The van der Waals surface area contributed by atoms with Crippen molar-refractivity contribution >= 4 is 115 Å². The number of para-hydroxylation sites is 3. The van der Waals surface area contributed by atoms with Gasteiger partial charge in [-0.05, 0) is 239 Å². The van der Waals surface area contributed by atoms with E-state index in [-0.39, 0.29) is 0 Å². The fraction of sp³-hybridized carbons (Fsp3) is 0.0455. The molecule has 0 bridgehead atoms. The highest BCUT2D eigenvalue weighted by Gasteiger charge is 2.18. The van der Waals surface area contributed by atoms with Gasteiger partial charge in [-0.15, -0.1) is 0 Å². The van der Waals surface area contributed by atoms with Gasteiger partial charge in [-0.25, -0.2) is 19.2 Å². The number of benzene rings is 12. The van der Waals surface area contributed by atoms with Crippen LogP contribution in [0.4, 0.5) is 68.2 Å². The highest BCUT2D eigenvalue weighted by Crippen LogP contribution is 2.41. The molecule has 13 nitrogen and oxygen atoms in total. The number of nitrogens with zero attached hydrogens (tertiary/aromatic N) is 4. The molecule has 103 heavy (non-hydrogen) atoms. The van der Waals surface area contributed by atoms with E-state index in [0.29, 0.717) is 38.6 Å². The molecule has 0 aliphatic heterocycles. The normalized spacial score (nSPS) is 10.2. The van der Waals surface area contributed by atoms with Crippen molar-refractivity contribution in [2.24, 2.45) is 0 Å². The summed E-state index contributed by atoms with van der Waals surface area (Å²) in [5.74, 6) is 0.836. The van der Waals surface area contributed by atoms with Crippen molar-refractivity contribution < 1.29 is 42.9 Å². The van der Waals surface area contributed by atoms with Gasteiger partial charge >= 0.3 is 23.9 Å². The van der Waals surface area contributed by atoms with Gasteiger partial charge in [0.2, 0.25) is 0 Å². The molecule has 0 radical (unpaired) electrons. The molecular weight excluding hydrogens is 1330 g/mol. The molecule has 0 N–H and O–H groups in total. The number of esters is 4. The van der Waals surface area contributed by atoms with Gasteiger partial charge in [0.1, 0.15) is 28.7 Å². The zero-order chi connectivity index (χ0) is 73.0. The van der Waals surface area contributed by atoms with E-state index in [1.165, 1.54) is 11.1 Å². The molecule has 12 aromatic rings. The van der Waals surface area contributed by atoms with Crippen LogP contribution in [-0.4, -0.2) is 31.0 Å². The van der Waals surface area contributed by atoms with E-state index >= 15 is 0 Å². The molecular formula is C88H74Cl2N4O9. The molecule has 0 spiro atoms. The summed E-state index contributed by atoms with van der Waals surface area (Å²) in [5.41, 5.74) is 14.6. The first-order valence-electron chi connectivity index (χ1n) is 32.4. The third-order valence-corrected chi connectivity index (χ3v) is 15.7. The number of halogens is 2. The van der Waals surface area contributed by atoms with E-state index in [1.54, 1.807) is 56.5 Å². The van der Waals surface area contributed by atoms with E-state index in [9.17, 15) is 19.2 Å². The van der Waals surface area contributed by atoms with Crippen LogP contribution in [-0.2, 0) is 19.2 Å². The number of hydrogen-bond donors (Lipinski definition) is 0. The van der Waals surface area contributed by atoms with Crippen LogP contribution < -0.4 is 43.3 Å². The van der Waals surface area contributed by atoms with Crippen molar-refractivity contribution in [3.8, 4) is 28.7 Å². The Bertz CT molecular complexity index is 4730. The molecule has 12 aromatic carbocycles. The number of carbonyl (C=O) groups is 4. The highest BCUT2D eigenvalue weighted by molar-refractivity contribution is 6.31. The first kappa shape index (κ1) is 74.3. The summed E-state index contributed by atoms with van der Waals surface area (Å²) in [5, 5.41) is 1.37. The smallest absolute Gasteiger partial charge is 0.338 e. The molecule has 0 aromatic heterocycles. The van der Waals surface area contributed by atoms with Crippen LogP contribution in [0.2, 0.25) is 10.0 Å². The maximum absolute atomic E-state index is 11.7. The molecule has 514 valence electrons. The van der Waals surface area contributed by atoms with Gasteiger partial charge in [0, 0.05) is 108 Å². The molecule has 0 aliphatic carbocycles. The molecule has 0 fully saturated rings. The number of hydrogen-bond acceptors (Lipinski definition) is 13. The summed E-state index contributed by atoms with van der Waals surface area (Å²) in [6.07, 6.45) is 3.43. The van der Waals surface area contributed by atoms with Crippen LogP contribution in [0.1, 0.15) is 18.1 Å². The van der Waals surface area contributed by atoms with Gasteiger partial charge in [0.25, 0.3) is 0 Å². The third kappa shape index (κ3) is 21.5. The van der Waals surface area contributed by atoms with E-state index in [2.05, 4.69) is 108 Å². The first-order chi connectivity index (χ1) is 50.0. The van der Waals surface area contributed by atoms with Gasteiger partial charge in [-0.1, -0.05) is 146 Å². The summed E-state index contributed by atoms with van der Waals surface area (Å²) < 4.78 is 26.1. The number of aryl methyl sites for hydroxylation is 2. The Morgan fingerprint density at radius 1 is 0.301 bits per heavy atom. The zero-order valence-electron chi connectivity index (χ0n) is 57.2. The van der Waals surface area contributed by atoms with Gasteiger partial charge in [-0.3, -0.25) is 0 Å². The second-order valence-corrected chi connectivity index (χ2v) is 23.6. The summed E-state index contributed by atoms with van der Waals surface area (Å²) >= 11 is 12.0. The van der Waals surface area contributed by atoms with Crippen molar-refractivity contribution in [3.63, 3.8) is 0 Å². The first-order valence-corrected chi connectivity index (χ1v) is 33.2. The Morgan fingerprint density at radius 3 is 0.835 bits per heavy atom. The van der Waals surface area contributed by atoms with Gasteiger partial charge in [-0.2, -0.15) is 0 Å². The minimum Gasteiger partial charge on any atom is -0.497 e. The molecule has 15 heteroatoms. The Morgan fingerprint density at radius 2 is 0.544 bits per heavy atom. The number of ether oxygens (including phenoxy) is 5. The average Bonchev–Trinajstić information content (AvgIpc) is 0.832. The lowest BCUT2D eigenvalue weighted by Crippen LogP contribution is -2.10. The predicted octanol–water partition coefficient (Wildman–Crippen LogP) is 23.3. The van der Waals surface area contributed by atoms with Crippen LogP contribution in [0, 0.1) is 13.8 Å². The van der Waals surface area contributed by atoms with Crippen LogP contribution in [0.25, 0.3) is 0 Å². The lowest BCUT2D eigenvalue weighted by atomic mass is 10.1. The van der Waals surface area contributed by atoms with E-state index < -0.39 is 23.9 Å². The maximum Gasteiger partial charge on any atom is 0.338 e. The summed E-state index contributed by atoms with van der Waals surface area (Å²) in [6.45, 7) is 19.6. The highest BCUT2D eigenvalue weighted by atomic mass is 35.5. The zero-order valence-corrected chi connectivity index (χ0v) is 58.7. The predicted molar refractivity (Wildman–Crippen MR) is 418 cm³/mol. The SMILES string of the molecule is C=C(C)C(=O)Oc1ccc(N(c2ccccc2)c2ccc(Cl)cc2)cc1.C=CC(=O)Oc1ccc(N(c2ccccc2)c2ccc(Cl)cc2)cc1.C=CC(=O)Oc1ccc(N(c2ccccc2)c2ccc(OC)cc2)cc1.C=CC(=O)Oc1cccc(N(c2ccc(C)cc2)c2ccc(C)cc2)c1. The maximum atomic E-state index is 11.7. The van der Waals surface area contributed by atoms with Crippen LogP contribution in [0.3, 0.4) is 0 Å². The number of anilines is 12. The van der Waals surface area contributed by atoms with Gasteiger partial charge in [0.15, 0.2) is 0 Å². The summed E-state index contributed by atoms with van der Waals surface area (Å²) in [7, 11) is 1.65. The van der Waals surface area contributed by atoms with Crippen LogP contribution in [0.15, 0.2) is 360 Å². The van der Waals surface area contributed by atoms with E-state index in [4.69, 9.17) is 46.9 Å². The molecule has 0 saturated carbocycles. The van der Waals surface area contributed by atoms with Crippen molar-refractivity contribution in [1.82, 2.24) is 0 Å². The fourth-order valence-electron chi connectivity index (χ4n) is 10.2. The van der Waals surface area contributed by atoms with E-state index in [1.807, 2.05) is 218 Å². The molecule has 12 rings (SSSR count). The van der Waals surface area contributed by atoms with Crippen LogP contribution in [0.5, 0.6) is 28.7 Å². The summed E-state index contributed by atoms with van der Waals surface area (Å²) in [6, 6.07) is 99.2. The Labute approximate surface area is 611 Å². The van der Waals surface area contributed by atoms with Crippen molar-refractivity contribution in [2.75, 3.05) is 26.7 Å². The lowest BCUT2D eigenvalue weighted by Gasteiger charge is -2.26. The fourth-order valence-corrected chi connectivity index (χ4v) is 10.4. The standard InChI is InChI=1S/C23H21NO2.C22H18ClNO2.C22H19NO3.C21H16ClNO2/c1-4-23(25)26-22-7-5-6-21(16-22)24(19-12-8-17(2)9-13-19)20-14-10-18(3)11-15-20;1-16(2)22(25)26-21-14-12-20(13-15-21)24(18-6-4-3-5-7-18)19-10-8-17(23)9-11-19;1-3-22(24)26-21-15-11-19(12-16-21)23(17-7-5-4-6-8-17)18-9-13-20(25-2)14-10-18;1-2-21(24)25-20-14-12-19(13-15-20)23(17-6-4-3-5-7-17)18-10-8-16(22)9-11-18/h4-16H,1H2,2-3H3;3-15H,1H2,2H3;3-16H,1H2,2H3;2-15H,1H2. The van der Waals surface area contributed by atoms with Crippen molar-refractivity contribution in [1.29, 1.82) is 0 Å². The lowest BCUT2D eigenvalue weighted by molar-refractivity contribution is -0.130. The topological polar surface area (TPSA) is 127 Å². The molecule has 0 heterocycles. The molecule has 0 atom stereocenters. The van der Waals surface area contributed by atoms with Crippen molar-refractivity contribution in [3.05, 3.63) is 381 Å². The Kier molecular flexibility index (Phi) is 26.9. The third-order valence-electron chi connectivity index (χ3n) is 15.2. The molecule has 0 saturated heterocycles. The van der Waals surface area contributed by atoms with Gasteiger partial charge in [0.05, 0.1) is 7.11 Å². The number of rotatable bonds is 21. The largest absolute Gasteiger partial charge is 0.497 e.